The van der Waals surface area contributed by atoms with Crippen molar-refractivity contribution in [3.8, 4) is 0 Å². The van der Waals surface area contributed by atoms with Gasteiger partial charge in [0.25, 0.3) is 0 Å². The van der Waals surface area contributed by atoms with Crippen molar-refractivity contribution >= 4 is 23.4 Å². The second-order valence-electron chi connectivity index (χ2n) is 5.86. The Balaban J connectivity index is 2.19. The average Bonchev–Trinajstić information content (AvgIpc) is 2.75. The maximum atomic E-state index is 11.8. The third-order valence-corrected chi connectivity index (χ3v) is 2.92. The topological polar surface area (TPSA) is 73.2 Å². The number of imidazole rings is 1. The maximum absolute atomic E-state index is 11.8. The number of ether oxygens (including phenoxy) is 1. The minimum atomic E-state index is -0.758. The van der Waals surface area contributed by atoms with Crippen molar-refractivity contribution in [1.82, 2.24) is 14.9 Å². The van der Waals surface area contributed by atoms with Crippen molar-refractivity contribution in [2.75, 3.05) is 0 Å². The summed E-state index contributed by atoms with van der Waals surface area (Å²) in [4.78, 5) is 27.2. The Morgan fingerprint density at radius 2 is 2.14 bits per heavy atom. The van der Waals surface area contributed by atoms with Crippen LogP contribution in [0.4, 0.5) is 4.79 Å². The maximum Gasteiger partial charge on any atom is 0.408 e. The van der Waals surface area contributed by atoms with Crippen LogP contribution in [0.3, 0.4) is 0 Å². The second kappa shape index (κ2) is 5.55. The number of aromatic nitrogens is 2. The number of nitrogens with zero attached hydrogens (tertiary/aromatic N) is 2. The molecule has 21 heavy (non-hydrogen) atoms. The molecule has 0 spiro atoms. The lowest BCUT2D eigenvalue weighted by molar-refractivity contribution is -0.109. The van der Waals surface area contributed by atoms with Crippen LogP contribution in [0.25, 0.3) is 11.0 Å². The quantitative estimate of drug-likeness (QED) is 0.880. The van der Waals surface area contributed by atoms with E-state index in [-0.39, 0.29) is 0 Å². The Bertz CT molecular complexity index is 670. The molecule has 2 aromatic rings. The first kappa shape index (κ1) is 15.0. The van der Waals surface area contributed by atoms with Crippen molar-refractivity contribution in [3.05, 3.63) is 30.1 Å². The Hall–Kier alpha value is -2.37. The Morgan fingerprint density at radius 1 is 1.43 bits per heavy atom. The second-order valence-corrected chi connectivity index (χ2v) is 5.86. The van der Waals surface area contributed by atoms with E-state index in [9.17, 15) is 9.59 Å². The Morgan fingerprint density at radius 3 is 2.76 bits per heavy atom. The largest absolute Gasteiger partial charge is 0.444 e. The van der Waals surface area contributed by atoms with Crippen molar-refractivity contribution < 1.29 is 14.3 Å². The summed E-state index contributed by atoms with van der Waals surface area (Å²) in [5, 5.41) is 2.55. The molecule has 0 aliphatic heterocycles. The molecular weight excluding hydrogens is 270 g/mol. The molecule has 2 rings (SSSR count). The van der Waals surface area contributed by atoms with Crippen LogP contribution >= 0.6 is 0 Å². The Labute approximate surface area is 123 Å². The summed E-state index contributed by atoms with van der Waals surface area (Å²) < 4.78 is 7.04. The van der Waals surface area contributed by atoms with Crippen LogP contribution in [-0.2, 0) is 16.6 Å². The average molecular weight is 289 g/mol. The van der Waals surface area contributed by atoms with Gasteiger partial charge in [0.05, 0.1) is 17.4 Å². The molecule has 6 nitrogen and oxygen atoms in total. The smallest absolute Gasteiger partial charge is 0.408 e. The number of alkyl carbamates (subject to hydrolysis) is 1. The van der Waals surface area contributed by atoms with Crippen molar-refractivity contribution in [2.24, 2.45) is 7.05 Å². The molecule has 0 fully saturated rings. The number of carbonyl (C=O) groups is 2. The fraction of sp³-hybridized carbons (Fsp3) is 0.400. The molecule has 1 amide bonds. The molecule has 0 bridgehead atoms. The number of rotatable bonds is 3. The van der Waals surface area contributed by atoms with Gasteiger partial charge in [0.2, 0.25) is 0 Å². The van der Waals surface area contributed by atoms with Gasteiger partial charge in [-0.25, -0.2) is 9.78 Å². The van der Waals surface area contributed by atoms with Crippen LogP contribution < -0.4 is 5.32 Å². The van der Waals surface area contributed by atoms with E-state index in [1.807, 2.05) is 17.7 Å². The van der Waals surface area contributed by atoms with E-state index < -0.39 is 17.7 Å². The van der Waals surface area contributed by atoms with Crippen molar-refractivity contribution in [2.45, 2.75) is 32.4 Å². The van der Waals surface area contributed by atoms with Gasteiger partial charge < -0.3 is 19.4 Å². The van der Waals surface area contributed by atoms with Crippen LogP contribution in [0.5, 0.6) is 0 Å². The third kappa shape index (κ3) is 3.59. The summed E-state index contributed by atoms with van der Waals surface area (Å²) in [6, 6.07) is 4.68. The molecule has 0 saturated heterocycles. The van der Waals surface area contributed by atoms with E-state index in [0.29, 0.717) is 11.8 Å². The summed E-state index contributed by atoms with van der Waals surface area (Å²) >= 11 is 0. The molecule has 1 heterocycles. The zero-order valence-electron chi connectivity index (χ0n) is 12.6. The van der Waals surface area contributed by atoms with Crippen molar-refractivity contribution in [3.63, 3.8) is 0 Å². The molecule has 0 radical (unpaired) electrons. The number of carbonyl (C=O) groups excluding carboxylic acids is 2. The summed E-state index contributed by atoms with van der Waals surface area (Å²) in [5.74, 6) is 0. The third-order valence-electron chi connectivity index (χ3n) is 2.92. The summed E-state index contributed by atoms with van der Waals surface area (Å²) in [6.45, 7) is 5.30. The number of benzene rings is 1. The SMILES string of the molecule is Cn1cnc2cc(C(C=O)NC(=O)OC(C)(C)C)ccc21. The number of hydrogen-bond acceptors (Lipinski definition) is 4. The number of nitrogens with one attached hydrogen (secondary N) is 1. The first-order valence-corrected chi connectivity index (χ1v) is 6.66. The normalized spacial score (nSPS) is 13.0. The standard InChI is InChI=1S/C15H19N3O3/c1-15(2,3)21-14(20)17-12(8-19)10-5-6-13-11(7-10)16-9-18(13)4/h5-9,12H,1-4H3,(H,17,20). The molecule has 1 atom stereocenters. The van der Waals surface area contributed by atoms with Crippen LogP contribution in [0, 0.1) is 0 Å². The molecule has 1 N–H and O–H groups in total. The van der Waals surface area contributed by atoms with Gasteiger partial charge in [0, 0.05) is 7.05 Å². The lowest BCUT2D eigenvalue weighted by Crippen LogP contribution is -2.35. The molecular formula is C15H19N3O3. The molecule has 1 aromatic heterocycles. The highest BCUT2D eigenvalue weighted by molar-refractivity contribution is 5.79. The van der Waals surface area contributed by atoms with Crippen molar-refractivity contribution in [1.29, 1.82) is 0 Å². The number of amides is 1. The number of fused-ring (bicyclic) bond motifs is 1. The van der Waals surface area contributed by atoms with E-state index in [1.165, 1.54) is 0 Å². The van der Waals surface area contributed by atoms with Gasteiger partial charge in [-0.3, -0.25) is 0 Å². The predicted molar refractivity (Wildman–Crippen MR) is 78.9 cm³/mol. The first-order valence-electron chi connectivity index (χ1n) is 6.66. The lowest BCUT2D eigenvalue weighted by atomic mass is 10.1. The van der Waals surface area contributed by atoms with Gasteiger partial charge in [-0.15, -0.1) is 0 Å². The van der Waals surface area contributed by atoms with Gasteiger partial charge in [0.1, 0.15) is 17.9 Å². The highest BCUT2D eigenvalue weighted by Crippen LogP contribution is 2.19. The molecule has 1 aromatic carbocycles. The zero-order valence-corrected chi connectivity index (χ0v) is 12.6. The van der Waals surface area contributed by atoms with Crippen LogP contribution in [0.2, 0.25) is 0 Å². The predicted octanol–water partition coefficient (Wildman–Crippen LogP) is 2.34. The van der Waals surface area contributed by atoms with Gasteiger partial charge in [0.15, 0.2) is 0 Å². The fourth-order valence-electron chi connectivity index (χ4n) is 1.98. The van der Waals surface area contributed by atoms with E-state index >= 15 is 0 Å². The highest BCUT2D eigenvalue weighted by Gasteiger charge is 2.20. The van der Waals surface area contributed by atoms with Gasteiger partial charge in [-0.2, -0.15) is 0 Å². The minimum Gasteiger partial charge on any atom is -0.444 e. The molecule has 1 unspecified atom stereocenters. The summed E-state index contributed by atoms with van der Waals surface area (Å²) in [6.07, 6.45) is 1.75. The number of aldehydes is 1. The van der Waals surface area contributed by atoms with Gasteiger partial charge in [-0.05, 0) is 38.5 Å². The fourth-order valence-corrected chi connectivity index (χ4v) is 1.98. The zero-order chi connectivity index (χ0) is 15.6. The molecule has 112 valence electrons. The molecule has 0 saturated carbocycles. The first-order chi connectivity index (χ1) is 9.80. The number of aryl methyl sites for hydroxylation is 1. The van der Waals surface area contributed by atoms with E-state index in [2.05, 4.69) is 10.3 Å². The molecule has 6 heteroatoms. The molecule has 0 aliphatic carbocycles. The summed E-state index contributed by atoms with van der Waals surface area (Å²) in [7, 11) is 1.89. The highest BCUT2D eigenvalue weighted by atomic mass is 16.6. The van der Waals surface area contributed by atoms with Crippen LogP contribution in [-0.4, -0.2) is 27.5 Å². The van der Waals surface area contributed by atoms with Gasteiger partial charge in [-0.1, -0.05) is 6.07 Å². The van der Waals surface area contributed by atoms with E-state index in [4.69, 9.17) is 4.74 Å². The van der Waals surface area contributed by atoms with Gasteiger partial charge >= 0.3 is 6.09 Å². The summed E-state index contributed by atoms with van der Waals surface area (Å²) in [5.41, 5.74) is 1.79. The van der Waals surface area contributed by atoms with Crippen LogP contribution in [0.15, 0.2) is 24.5 Å². The van der Waals surface area contributed by atoms with E-state index in [0.717, 1.165) is 11.0 Å². The Kier molecular flexibility index (Phi) is 3.97. The lowest BCUT2D eigenvalue weighted by Gasteiger charge is -2.21. The van der Waals surface area contributed by atoms with Crippen LogP contribution in [0.1, 0.15) is 32.4 Å². The monoisotopic (exact) mass is 289 g/mol. The van der Waals surface area contributed by atoms with E-state index in [1.54, 1.807) is 39.2 Å². The minimum absolute atomic E-state index is 0.609. The number of hydrogen-bond donors (Lipinski definition) is 1. The molecule has 0 aliphatic rings.